The number of nitrogens with zero attached hydrogens (tertiary/aromatic N) is 1. The van der Waals surface area contributed by atoms with Crippen molar-refractivity contribution in [3.63, 3.8) is 0 Å². The minimum Gasteiger partial charge on any atom is -0.477 e. The molecule has 0 saturated heterocycles. The second-order valence-electron chi connectivity index (χ2n) is 7.08. The molecule has 0 aromatic heterocycles. The van der Waals surface area contributed by atoms with E-state index in [0.717, 1.165) is 25.1 Å². The molecule has 0 spiro atoms. The first-order valence-corrected chi connectivity index (χ1v) is 10.6. The molecule has 27 heavy (non-hydrogen) atoms. The molecule has 1 aliphatic rings. The van der Waals surface area contributed by atoms with Crippen LogP contribution < -0.4 is 20.3 Å². The zero-order chi connectivity index (χ0) is 19.6. The van der Waals surface area contributed by atoms with Gasteiger partial charge < -0.3 is 20.3 Å². The Morgan fingerprint density at radius 1 is 1.26 bits per heavy atom. The van der Waals surface area contributed by atoms with Crippen molar-refractivity contribution in [2.24, 2.45) is 5.92 Å². The second-order valence-corrected chi connectivity index (χ2v) is 7.47. The molecular weight excluding hydrogens is 358 g/mol. The van der Waals surface area contributed by atoms with Gasteiger partial charge in [-0.2, -0.15) is 0 Å². The molecule has 0 saturated carbocycles. The van der Waals surface area contributed by atoms with E-state index in [-0.39, 0.29) is 5.91 Å². The molecule has 1 aromatic rings. The number of rotatable bonds is 9. The van der Waals surface area contributed by atoms with Crippen LogP contribution in [0.5, 0.6) is 5.75 Å². The Balaban J connectivity index is 2.06. The lowest BCUT2D eigenvalue weighted by Gasteiger charge is -2.36. The maximum atomic E-state index is 12.4. The van der Waals surface area contributed by atoms with Gasteiger partial charge in [-0.1, -0.05) is 52.2 Å². The van der Waals surface area contributed by atoms with E-state index in [4.69, 9.17) is 17.0 Å². The van der Waals surface area contributed by atoms with Gasteiger partial charge in [0.05, 0.1) is 12.2 Å². The van der Waals surface area contributed by atoms with Crippen molar-refractivity contribution in [2.45, 2.75) is 59.0 Å². The molecule has 0 aliphatic carbocycles. The third-order valence-electron chi connectivity index (χ3n) is 4.95. The lowest BCUT2D eigenvalue weighted by atomic mass is 9.99. The number of para-hydroxylation sites is 2. The number of hydrogen-bond acceptors (Lipinski definition) is 3. The fourth-order valence-corrected chi connectivity index (χ4v) is 3.45. The van der Waals surface area contributed by atoms with Crippen LogP contribution in [0.25, 0.3) is 0 Å². The van der Waals surface area contributed by atoms with Gasteiger partial charge in [0.15, 0.2) is 11.2 Å². The summed E-state index contributed by atoms with van der Waals surface area (Å²) in [6, 6.07) is 7.75. The molecule has 6 heteroatoms. The van der Waals surface area contributed by atoms with Crippen LogP contribution in [0.4, 0.5) is 5.69 Å². The van der Waals surface area contributed by atoms with E-state index in [2.05, 4.69) is 24.5 Å². The molecule has 2 atom stereocenters. The maximum absolute atomic E-state index is 12.4. The highest BCUT2D eigenvalue weighted by atomic mass is 32.1. The van der Waals surface area contributed by atoms with Gasteiger partial charge in [0.2, 0.25) is 0 Å². The van der Waals surface area contributed by atoms with Gasteiger partial charge in [-0.05, 0) is 43.1 Å². The van der Waals surface area contributed by atoms with E-state index in [9.17, 15) is 4.79 Å². The Morgan fingerprint density at radius 3 is 2.74 bits per heavy atom. The number of unbranched alkanes of at least 4 members (excludes halogenated alkanes) is 1. The molecule has 0 fully saturated rings. The standard InChI is InChI=1S/C21H33N3O2S/c1-4-7-10-16(6-3)14-23-21(27)24-15-19(20(25)22-13-5-2)26-18-12-9-8-11-17(18)24/h8-9,11-12,16,19H,4-7,10,13-15H2,1-3H3,(H,22,25)(H,23,27)/t16-,19-/m0/s1. The first-order chi connectivity index (χ1) is 13.1. The van der Waals surface area contributed by atoms with Crippen LogP contribution in [0.3, 0.4) is 0 Å². The van der Waals surface area contributed by atoms with E-state index < -0.39 is 6.10 Å². The summed E-state index contributed by atoms with van der Waals surface area (Å²) in [6.45, 7) is 8.41. The average Bonchev–Trinajstić information content (AvgIpc) is 2.71. The van der Waals surface area contributed by atoms with Crippen LogP contribution in [-0.2, 0) is 4.79 Å². The highest BCUT2D eigenvalue weighted by molar-refractivity contribution is 7.80. The molecule has 0 bridgehead atoms. The van der Waals surface area contributed by atoms with E-state index in [1.165, 1.54) is 19.3 Å². The van der Waals surface area contributed by atoms with Crippen molar-refractivity contribution in [3.8, 4) is 5.75 Å². The average molecular weight is 392 g/mol. The third-order valence-corrected chi connectivity index (χ3v) is 5.31. The summed E-state index contributed by atoms with van der Waals surface area (Å²) in [4.78, 5) is 14.4. The quantitative estimate of drug-likeness (QED) is 0.626. The molecule has 5 nitrogen and oxygen atoms in total. The Labute approximate surface area is 168 Å². The molecule has 150 valence electrons. The summed E-state index contributed by atoms with van der Waals surface area (Å²) in [5.41, 5.74) is 0.913. The molecule has 1 aromatic carbocycles. The van der Waals surface area contributed by atoms with Gasteiger partial charge in [0, 0.05) is 13.1 Å². The van der Waals surface area contributed by atoms with Crippen LogP contribution in [0.1, 0.15) is 52.9 Å². The van der Waals surface area contributed by atoms with Crippen molar-refractivity contribution in [1.82, 2.24) is 10.6 Å². The minimum atomic E-state index is -0.562. The lowest BCUT2D eigenvalue weighted by molar-refractivity contribution is -0.127. The number of hydrogen-bond donors (Lipinski definition) is 2. The Hall–Kier alpha value is -1.82. The number of ether oxygens (including phenoxy) is 1. The summed E-state index contributed by atoms with van der Waals surface area (Å²) in [5.74, 6) is 1.22. The minimum absolute atomic E-state index is 0.0893. The Bertz CT molecular complexity index is 623. The third kappa shape index (κ3) is 6.09. The van der Waals surface area contributed by atoms with Crippen LogP contribution in [0.2, 0.25) is 0 Å². The summed E-state index contributed by atoms with van der Waals surface area (Å²) in [6.07, 6.45) is 5.14. The molecule has 2 rings (SSSR count). The highest BCUT2D eigenvalue weighted by Crippen LogP contribution is 2.33. The van der Waals surface area contributed by atoms with E-state index in [1.54, 1.807) is 0 Å². The predicted molar refractivity (Wildman–Crippen MR) is 115 cm³/mol. The fourth-order valence-electron chi connectivity index (χ4n) is 3.20. The van der Waals surface area contributed by atoms with Gasteiger partial charge >= 0.3 is 0 Å². The number of amides is 1. The summed E-state index contributed by atoms with van der Waals surface area (Å²) in [5, 5.41) is 7.01. The molecule has 1 amide bonds. The first kappa shape index (κ1) is 21.5. The van der Waals surface area contributed by atoms with E-state index in [1.807, 2.05) is 36.1 Å². The van der Waals surface area contributed by atoms with Gasteiger partial charge in [0.1, 0.15) is 5.75 Å². The molecular formula is C21H33N3O2S. The molecule has 0 radical (unpaired) electrons. The second kappa shape index (κ2) is 11.1. The number of benzene rings is 1. The Kier molecular flexibility index (Phi) is 8.85. The zero-order valence-corrected chi connectivity index (χ0v) is 17.6. The first-order valence-electron chi connectivity index (χ1n) is 10.2. The van der Waals surface area contributed by atoms with Gasteiger partial charge in [-0.25, -0.2) is 0 Å². The SMILES string of the molecule is CCCC[C@H](CC)CNC(=S)N1C[C@@H](C(=O)NCCC)Oc2ccccc21. The number of anilines is 1. The number of nitrogens with one attached hydrogen (secondary N) is 2. The number of thiocarbonyl (C=S) groups is 1. The number of carbonyl (C=O) groups excluding carboxylic acids is 1. The predicted octanol–water partition coefficient (Wildman–Crippen LogP) is 3.87. The summed E-state index contributed by atoms with van der Waals surface area (Å²) < 4.78 is 5.93. The molecule has 1 aliphatic heterocycles. The maximum Gasteiger partial charge on any atom is 0.262 e. The number of fused-ring (bicyclic) bond motifs is 1. The summed E-state index contributed by atoms with van der Waals surface area (Å²) >= 11 is 5.68. The monoisotopic (exact) mass is 391 g/mol. The van der Waals surface area contributed by atoms with Crippen molar-refractivity contribution in [3.05, 3.63) is 24.3 Å². The normalized spacial score (nSPS) is 16.9. The molecule has 1 heterocycles. The van der Waals surface area contributed by atoms with Crippen molar-refractivity contribution >= 4 is 28.9 Å². The van der Waals surface area contributed by atoms with Crippen LogP contribution in [0, 0.1) is 5.92 Å². The van der Waals surface area contributed by atoms with Crippen molar-refractivity contribution in [1.29, 1.82) is 0 Å². The summed E-state index contributed by atoms with van der Waals surface area (Å²) in [7, 11) is 0. The topological polar surface area (TPSA) is 53.6 Å². The van der Waals surface area contributed by atoms with E-state index >= 15 is 0 Å². The fraction of sp³-hybridized carbons (Fsp3) is 0.619. The van der Waals surface area contributed by atoms with Crippen LogP contribution >= 0.6 is 12.2 Å². The van der Waals surface area contributed by atoms with Gasteiger partial charge in [0.25, 0.3) is 5.91 Å². The lowest BCUT2D eigenvalue weighted by Crippen LogP contribution is -2.53. The number of carbonyl (C=O) groups is 1. The van der Waals surface area contributed by atoms with Gasteiger partial charge in [-0.15, -0.1) is 0 Å². The van der Waals surface area contributed by atoms with E-state index in [0.29, 0.717) is 29.9 Å². The highest BCUT2D eigenvalue weighted by Gasteiger charge is 2.32. The van der Waals surface area contributed by atoms with Crippen molar-refractivity contribution < 1.29 is 9.53 Å². The molecule has 2 N–H and O–H groups in total. The zero-order valence-electron chi connectivity index (χ0n) is 16.8. The smallest absolute Gasteiger partial charge is 0.262 e. The Morgan fingerprint density at radius 2 is 2.04 bits per heavy atom. The molecule has 0 unspecified atom stereocenters. The van der Waals surface area contributed by atoms with Crippen molar-refractivity contribution in [2.75, 3.05) is 24.5 Å². The van der Waals surface area contributed by atoms with Gasteiger partial charge in [-0.3, -0.25) is 4.79 Å². The van der Waals surface area contributed by atoms with Crippen LogP contribution in [-0.4, -0.2) is 36.8 Å². The largest absolute Gasteiger partial charge is 0.477 e. The van der Waals surface area contributed by atoms with Crippen LogP contribution in [0.15, 0.2) is 24.3 Å².